The zero-order chi connectivity index (χ0) is 14.4. The summed E-state index contributed by atoms with van der Waals surface area (Å²) in [7, 11) is 3.31. The molecule has 3 nitrogen and oxygen atoms in total. The summed E-state index contributed by atoms with van der Waals surface area (Å²) in [4.78, 5) is 0. The molecule has 1 aromatic rings. The van der Waals surface area contributed by atoms with Crippen LogP contribution in [0.5, 0.6) is 11.5 Å². The molecule has 0 spiro atoms. The number of hydrogen-bond donors (Lipinski definition) is 1. The van der Waals surface area contributed by atoms with E-state index in [9.17, 15) is 0 Å². The van der Waals surface area contributed by atoms with E-state index in [0.717, 1.165) is 35.5 Å². The number of hydrogen-bond acceptors (Lipinski definition) is 3. The Bertz CT molecular complexity index is 486. The number of allylic oxidation sites excluding steroid dienone is 1. The second-order valence-electron chi connectivity index (χ2n) is 4.98. The molecule has 0 fully saturated rings. The number of methoxy groups -OCH3 is 2. The molecule has 0 aromatic heterocycles. The monoisotopic (exact) mass is 339 g/mol. The maximum Gasteiger partial charge on any atom is 0.161 e. The van der Waals surface area contributed by atoms with Gasteiger partial charge in [-0.1, -0.05) is 27.6 Å². The third-order valence-electron chi connectivity index (χ3n) is 3.63. The zero-order valence-electron chi connectivity index (χ0n) is 12.2. The lowest BCUT2D eigenvalue weighted by molar-refractivity contribution is 0.354. The molecule has 0 bridgehead atoms. The van der Waals surface area contributed by atoms with Crippen LogP contribution in [-0.2, 0) is 6.54 Å². The van der Waals surface area contributed by atoms with Crippen molar-refractivity contribution in [2.75, 3.05) is 20.8 Å². The van der Waals surface area contributed by atoms with Crippen LogP contribution in [0.1, 0.15) is 31.2 Å². The molecule has 0 saturated heterocycles. The van der Waals surface area contributed by atoms with E-state index in [1.807, 2.05) is 12.1 Å². The molecule has 1 aliphatic carbocycles. The summed E-state index contributed by atoms with van der Waals surface area (Å²) in [5.74, 6) is 1.52. The Balaban J connectivity index is 1.88. The Morgan fingerprint density at radius 3 is 2.60 bits per heavy atom. The molecular formula is C16H22BrNO2. The fourth-order valence-electron chi connectivity index (χ4n) is 2.47. The van der Waals surface area contributed by atoms with Crippen molar-refractivity contribution in [2.24, 2.45) is 0 Å². The molecule has 0 amide bonds. The van der Waals surface area contributed by atoms with E-state index >= 15 is 0 Å². The van der Waals surface area contributed by atoms with Crippen molar-refractivity contribution in [2.45, 2.75) is 32.2 Å². The van der Waals surface area contributed by atoms with Gasteiger partial charge in [0.1, 0.15) is 0 Å². The van der Waals surface area contributed by atoms with Crippen LogP contribution in [0.3, 0.4) is 0 Å². The highest BCUT2D eigenvalue weighted by Gasteiger charge is 2.09. The van der Waals surface area contributed by atoms with Crippen molar-refractivity contribution in [3.05, 3.63) is 33.8 Å². The number of benzene rings is 1. The largest absolute Gasteiger partial charge is 0.493 e. The van der Waals surface area contributed by atoms with Crippen LogP contribution in [0.4, 0.5) is 0 Å². The highest BCUT2D eigenvalue weighted by Crippen LogP contribution is 2.33. The first-order chi connectivity index (χ1) is 9.74. The van der Waals surface area contributed by atoms with Gasteiger partial charge in [-0.15, -0.1) is 0 Å². The van der Waals surface area contributed by atoms with Crippen LogP contribution in [0.25, 0.3) is 0 Å². The number of rotatable bonds is 7. The Labute approximate surface area is 129 Å². The van der Waals surface area contributed by atoms with Gasteiger partial charge in [0.25, 0.3) is 0 Å². The van der Waals surface area contributed by atoms with Gasteiger partial charge in [0.05, 0.1) is 14.2 Å². The van der Waals surface area contributed by atoms with Gasteiger partial charge in [-0.3, -0.25) is 0 Å². The lowest BCUT2D eigenvalue weighted by atomic mass is 10.1. The smallest absolute Gasteiger partial charge is 0.161 e. The van der Waals surface area contributed by atoms with E-state index in [1.165, 1.54) is 24.8 Å². The molecule has 20 heavy (non-hydrogen) atoms. The predicted octanol–water partition coefficient (Wildman–Crippen LogP) is 4.06. The maximum absolute atomic E-state index is 5.34. The minimum Gasteiger partial charge on any atom is -0.493 e. The first-order valence-corrected chi connectivity index (χ1v) is 7.83. The van der Waals surface area contributed by atoms with Crippen molar-refractivity contribution < 1.29 is 9.47 Å². The van der Waals surface area contributed by atoms with Gasteiger partial charge in [0.15, 0.2) is 11.5 Å². The summed E-state index contributed by atoms with van der Waals surface area (Å²) in [5.41, 5.74) is 2.78. The molecule has 0 atom stereocenters. The quantitative estimate of drug-likeness (QED) is 0.600. The average molecular weight is 340 g/mol. The lowest BCUT2D eigenvalue weighted by Gasteiger charge is -2.12. The van der Waals surface area contributed by atoms with E-state index in [1.54, 1.807) is 19.8 Å². The molecule has 0 unspecified atom stereocenters. The molecule has 0 heterocycles. The molecule has 4 heteroatoms. The van der Waals surface area contributed by atoms with Crippen molar-refractivity contribution in [3.63, 3.8) is 0 Å². The molecular weight excluding hydrogens is 318 g/mol. The summed E-state index contributed by atoms with van der Waals surface area (Å²) < 4.78 is 11.7. The van der Waals surface area contributed by atoms with Gasteiger partial charge in [0.2, 0.25) is 0 Å². The standard InChI is InChI=1S/C16H22BrNO2/c1-19-15-9-13(14(17)10-16(15)20-2)11-18-8-7-12-5-3-4-6-12/h5,9-10,18H,3-4,6-8,11H2,1-2H3. The van der Waals surface area contributed by atoms with Crippen molar-refractivity contribution in [1.29, 1.82) is 0 Å². The second kappa shape index (κ2) is 7.70. The predicted molar refractivity (Wildman–Crippen MR) is 85.5 cm³/mol. The van der Waals surface area contributed by atoms with Gasteiger partial charge in [-0.05, 0) is 49.9 Å². The molecule has 1 N–H and O–H groups in total. The second-order valence-corrected chi connectivity index (χ2v) is 5.83. The van der Waals surface area contributed by atoms with E-state index in [4.69, 9.17) is 9.47 Å². The Hall–Kier alpha value is -1.00. The SMILES string of the molecule is COc1cc(Br)c(CNCCC2=CCCC2)cc1OC. The summed E-state index contributed by atoms with van der Waals surface area (Å²) in [6.07, 6.45) is 7.41. The van der Waals surface area contributed by atoms with Crippen molar-refractivity contribution in [1.82, 2.24) is 5.32 Å². The van der Waals surface area contributed by atoms with Crippen LogP contribution in [-0.4, -0.2) is 20.8 Å². The van der Waals surface area contributed by atoms with Crippen molar-refractivity contribution in [3.8, 4) is 11.5 Å². The fourth-order valence-corrected chi connectivity index (χ4v) is 2.93. The van der Waals surface area contributed by atoms with Gasteiger partial charge < -0.3 is 14.8 Å². The average Bonchev–Trinajstić information content (AvgIpc) is 2.97. The van der Waals surface area contributed by atoms with Gasteiger partial charge in [-0.25, -0.2) is 0 Å². The highest BCUT2D eigenvalue weighted by atomic mass is 79.9. The number of nitrogens with one attached hydrogen (secondary N) is 1. The number of ether oxygens (including phenoxy) is 2. The Kier molecular flexibility index (Phi) is 5.92. The first kappa shape index (κ1) is 15.4. The Morgan fingerprint density at radius 1 is 1.20 bits per heavy atom. The molecule has 0 saturated carbocycles. The first-order valence-electron chi connectivity index (χ1n) is 7.03. The molecule has 1 aromatic carbocycles. The maximum atomic E-state index is 5.34. The summed E-state index contributed by atoms with van der Waals surface area (Å²) in [6.45, 7) is 1.85. The fraction of sp³-hybridized carbons (Fsp3) is 0.500. The molecule has 0 aliphatic heterocycles. The van der Waals surface area contributed by atoms with Gasteiger partial charge in [0, 0.05) is 11.0 Å². The van der Waals surface area contributed by atoms with E-state index in [-0.39, 0.29) is 0 Å². The number of halogens is 1. The third-order valence-corrected chi connectivity index (χ3v) is 4.36. The van der Waals surface area contributed by atoms with Crippen LogP contribution in [0.2, 0.25) is 0 Å². The summed E-state index contributed by atoms with van der Waals surface area (Å²) in [6, 6.07) is 3.97. The Morgan fingerprint density at radius 2 is 1.95 bits per heavy atom. The molecule has 110 valence electrons. The highest BCUT2D eigenvalue weighted by molar-refractivity contribution is 9.10. The lowest BCUT2D eigenvalue weighted by Crippen LogP contribution is -2.15. The normalized spacial score (nSPS) is 14.2. The minimum absolute atomic E-state index is 0.749. The van der Waals surface area contributed by atoms with Crippen molar-refractivity contribution >= 4 is 15.9 Å². The molecule has 0 radical (unpaired) electrons. The van der Waals surface area contributed by atoms with E-state index < -0.39 is 0 Å². The topological polar surface area (TPSA) is 30.5 Å². The summed E-state index contributed by atoms with van der Waals surface area (Å²) >= 11 is 3.58. The van der Waals surface area contributed by atoms with Crippen LogP contribution < -0.4 is 14.8 Å². The molecule has 2 rings (SSSR count). The third kappa shape index (κ3) is 4.00. The van der Waals surface area contributed by atoms with E-state index in [0.29, 0.717) is 0 Å². The summed E-state index contributed by atoms with van der Waals surface area (Å²) in [5, 5.41) is 3.49. The minimum atomic E-state index is 0.749. The van der Waals surface area contributed by atoms with Crippen LogP contribution >= 0.6 is 15.9 Å². The van der Waals surface area contributed by atoms with Crippen LogP contribution in [0.15, 0.2) is 28.3 Å². The van der Waals surface area contributed by atoms with Gasteiger partial charge in [-0.2, -0.15) is 0 Å². The van der Waals surface area contributed by atoms with Gasteiger partial charge >= 0.3 is 0 Å². The van der Waals surface area contributed by atoms with Crippen LogP contribution in [0, 0.1) is 0 Å². The zero-order valence-corrected chi connectivity index (χ0v) is 13.8. The molecule has 1 aliphatic rings. The van der Waals surface area contributed by atoms with E-state index in [2.05, 4.69) is 27.3 Å².